The molecular weight excluding hydrogens is 395 g/mol. The number of aromatic nitrogens is 2. The Morgan fingerprint density at radius 2 is 1.93 bits per heavy atom. The Morgan fingerprint density at radius 1 is 1.18 bits per heavy atom. The van der Waals surface area contributed by atoms with Gasteiger partial charge in [0.15, 0.2) is 0 Å². The lowest BCUT2D eigenvalue weighted by molar-refractivity contribution is -0.137. The normalized spacial score (nSPS) is 11.6. The van der Waals surface area contributed by atoms with Gasteiger partial charge in [0, 0.05) is 5.39 Å². The SMILES string of the molecule is COc1cc(C(N)=O)c2ncnc(CCc3ccc(Cl)c(C(F)(F)F)c3)c2c1. The molecule has 28 heavy (non-hydrogen) atoms. The van der Waals surface area contributed by atoms with E-state index in [1.807, 2.05) is 0 Å². The Bertz CT molecular complexity index is 1050. The van der Waals surface area contributed by atoms with Crippen LogP contribution in [-0.4, -0.2) is 23.0 Å². The summed E-state index contributed by atoms with van der Waals surface area (Å²) in [5.74, 6) is -0.260. The summed E-state index contributed by atoms with van der Waals surface area (Å²) in [6.45, 7) is 0. The first-order valence-electron chi connectivity index (χ1n) is 8.17. The number of primary amides is 1. The fraction of sp³-hybridized carbons (Fsp3) is 0.211. The highest BCUT2D eigenvalue weighted by Gasteiger charge is 2.33. The Balaban J connectivity index is 1.98. The van der Waals surface area contributed by atoms with Crippen LogP contribution in [-0.2, 0) is 19.0 Å². The molecule has 0 unspecified atom stereocenters. The van der Waals surface area contributed by atoms with Gasteiger partial charge in [-0.3, -0.25) is 4.79 Å². The number of methoxy groups -OCH3 is 1. The summed E-state index contributed by atoms with van der Waals surface area (Å²) in [7, 11) is 1.45. The van der Waals surface area contributed by atoms with Crippen molar-refractivity contribution in [2.75, 3.05) is 7.11 Å². The number of amides is 1. The molecule has 0 aliphatic rings. The van der Waals surface area contributed by atoms with E-state index in [9.17, 15) is 18.0 Å². The number of carbonyl (C=O) groups excluding carboxylic acids is 1. The molecule has 1 heterocycles. The van der Waals surface area contributed by atoms with Crippen LogP contribution in [0.5, 0.6) is 5.75 Å². The maximum atomic E-state index is 13.0. The third-order valence-corrected chi connectivity index (χ3v) is 4.61. The summed E-state index contributed by atoms with van der Waals surface area (Å²) in [6, 6.07) is 6.94. The van der Waals surface area contributed by atoms with Crippen LogP contribution in [0.2, 0.25) is 5.02 Å². The van der Waals surface area contributed by atoms with Crippen molar-refractivity contribution in [2.45, 2.75) is 19.0 Å². The van der Waals surface area contributed by atoms with Crippen LogP contribution in [0.1, 0.15) is 27.2 Å². The molecule has 1 amide bonds. The fourth-order valence-corrected chi connectivity index (χ4v) is 3.13. The lowest BCUT2D eigenvalue weighted by Gasteiger charge is -2.12. The second-order valence-electron chi connectivity index (χ2n) is 6.07. The third-order valence-electron chi connectivity index (χ3n) is 4.28. The molecule has 0 fully saturated rings. The van der Waals surface area contributed by atoms with Crippen LogP contribution in [0.4, 0.5) is 13.2 Å². The zero-order chi connectivity index (χ0) is 20.5. The van der Waals surface area contributed by atoms with Gasteiger partial charge in [-0.25, -0.2) is 9.97 Å². The molecule has 0 saturated heterocycles. The first-order chi connectivity index (χ1) is 13.2. The van der Waals surface area contributed by atoms with Crippen LogP contribution in [0.3, 0.4) is 0 Å². The zero-order valence-electron chi connectivity index (χ0n) is 14.7. The molecule has 0 bridgehead atoms. The fourth-order valence-electron chi connectivity index (χ4n) is 2.91. The second-order valence-corrected chi connectivity index (χ2v) is 6.47. The highest BCUT2D eigenvalue weighted by molar-refractivity contribution is 6.31. The van der Waals surface area contributed by atoms with Gasteiger partial charge >= 0.3 is 6.18 Å². The Labute approximate surface area is 163 Å². The first kappa shape index (κ1) is 19.9. The highest BCUT2D eigenvalue weighted by Crippen LogP contribution is 2.35. The van der Waals surface area contributed by atoms with Crippen molar-refractivity contribution >= 4 is 28.4 Å². The van der Waals surface area contributed by atoms with Gasteiger partial charge in [0.05, 0.1) is 34.5 Å². The van der Waals surface area contributed by atoms with Crippen molar-refractivity contribution in [3.8, 4) is 5.75 Å². The average Bonchev–Trinajstić information content (AvgIpc) is 2.65. The van der Waals surface area contributed by atoms with E-state index >= 15 is 0 Å². The lowest BCUT2D eigenvalue weighted by atomic mass is 10.0. The van der Waals surface area contributed by atoms with Gasteiger partial charge in [0.2, 0.25) is 0 Å². The van der Waals surface area contributed by atoms with E-state index in [0.717, 1.165) is 6.07 Å². The molecule has 0 aliphatic carbocycles. The first-order valence-corrected chi connectivity index (χ1v) is 8.55. The van der Waals surface area contributed by atoms with Crippen molar-refractivity contribution in [3.05, 3.63) is 64.1 Å². The Morgan fingerprint density at radius 3 is 2.57 bits per heavy atom. The number of hydrogen-bond acceptors (Lipinski definition) is 4. The van der Waals surface area contributed by atoms with Crippen LogP contribution in [0, 0.1) is 0 Å². The van der Waals surface area contributed by atoms with E-state index in [2.05, 4.69) is 9.97 Å². The maximum Gasteiger partial charge on any atom is 0.417 e. The molecule has 9 heteroatoms. The number of nitrogens with two attached hydrogens (primary N) is 1. The minimum atomic E-state index is -4.53. The number of aryl methyl sites for hydroxylation is 2. The van der Waals surface area contributed by atoms with Crippen LogP contribution < -0.4 is 10.5 Å². The quantitative estimate of drug-likeness (QED) is 0.685. The minimum Gasteiger partial charge on any atom is -0.497 e. The zero-order valence-corrected chi connectivity index (χ0v) is 15.4. The molecule has 5 nitrogen and oxygen atoms in total. The third kappa shape index (κ3) is 4.01. The molecule has 0 spiro atoms. The summed E-state index contributed by atoms with van der Waals surface area (Å²) >= 11 is 5.66. The Hall–Kier alpha value is -2.87. The van der Waals surface area contributed by atoms with Gasteiger partial charge in [0.1, 0.15) is 12.1 Å². The van der Waals surface area contributed by atoms with Crippen molar-refractivity contribution < 1.29 is 22.7 Å². The Kier molecular flexibility index (Phi) is 5.42. The molecule has 0 aliphatic heterocycles. The molecule has 0 atom stereocenters. The number of rotatable bonds is 5. The molecule has 3 aromatic rings. The van der Waals surface area contributed by atoms with Crippen molar-refractivity contribution in [3.63, 3.8) is 0 Å². The molecule has 1 aromatic heterocycles. The standard InChI is InChI=1S/C19H15ClF3N3O2/c1-28-11-7-12-16(25-9-26-17(12)13(8-11)18(24)27)5-3-10-2-4-15(20)14(6-10)19(21,22)23/h2,4,6-9H,3,5H2,1H3,(H2,24,27). The van der Waals surface area contributed by atoms with E-state index in [4.69, 9.17) is 22.1 Å². The number of carbonyl (C=O) groups is 1. The predicted molar refractivity (Wildman–Crippen MR) is 98.5 cm³/mol. The van der Waals surface area contributed by atoms with Crippen molar-refractivity contribution in [1.29, 1.82) is 0 Å². The molecule has 2 aromatic carbocycles. The van der Waals surface area contributed by atoms with Gasteiger partial charge < -0.3 is 10.5 Å². The van der Waals surface area contributed by atoms with Gasteiger partial charge in [-0.1, -0.05) is 17.7 Å². The minimum absolute atomic E-state index is 0.184. The van der Waals surface area contributed by atoms with E-state index < -0.39 is 17.6 Å². The molecule has 146 valence electrons. The summed E-state index contributed by atoms with van der Waals surface area (Å²) in [5.41, 5.74) is 6.11. The number of benzene rings is 2. The maximum absolute atomic E-state index is 13.0. The van der Waals surface area contributed by atoms with Crippen LogP contribution in [0.25, 0.3) is 10.9 Å². The average molecular weight is 410 g/mol. The lowest BCUT2D eigenvalue weighted by Crippen LogP contribution is -2.13. The molecule has 3 rings (SSSR count). The summed E-state index contributed by atoms with van der Waals surface area (Å²) in [5, 5.41) is 0.209. The van der Waals surface area contributed by atoms with E-state index in [1.165, 1.54) is 31.6 Å². The van der Waals surface area contributed by atoms with Crippen LogP contribution in [0.15, 0.2) is 36.7 Å². The van der Waals surface area contributed by atoms with Gasteiger partial charge in [-0.15, -0.1) is 0 Å². The van der Waals surface area contributed by atoms with Gasteiger partial charge in [0.25, 0.3) is 5.91 Å². The molecule has 0 radical (unpaired) electrons. The van der Waals surface area contributed by atoms with E-state index in [0.29, 0.717) is 34.3 Å². The summed E-state index contributed by atoms with van der Waals surface area (Å²) in [4.78, 5) is 20.1. The van der Waals surface area contributed by atoms with E-state index in [-0.39, 0.29) is 17.0 Å². The van der Waals surface area contributed by atoms with Gasteiger partial charge in [-0.2, -0.15) is 13.2 Å². The van der Waals surface area contributed by atoms with Crippen LogP contribution >= 0.6 is 11.6 Å². The number of hydrogen-bond donors (Lipinski definition) is 1. The summed E-state index contributed by atoms with van der Waals surface area (Å²) in [6.07, 6.45) is -2.63. The highest BCUT2D eigenvalue weighted by atomic mass is 35.5. The molecule has 0 saturated carbocycles. The number of fused-ring (bicyclic) bond motifs is 1. The molecule has 2 N–H and O–H groups in total. The second kappa shape index (κ2) is 7.63. The van der Waals surface area contributed by atoms with Crippen molar-refractivity contribution in [1.82, 2.24) is 9.97 Å². The van der Waals surface area contributed by atoms with Gasteiger partial charge in [-0.05, 0) is 42.7 Å². The topological polar surface area (TPSA) is 78.1 Å². The smallest absolute Gasteiger partial charge is 0.417 e. The number of alkyl halides is 3. The monoisotopic (exact) mass is 409 g/mol. The predicted octanol–water partition coefficient (Wildman–Crippen LogP) is 4.19. The number of nitrogens with zero attached hydrogens (tertiary/aromatic N) is 2. The number of halogens is 4. The summed E-state index contributed by atoms with van der Waals surface area (Å²) < 4.78 is 44.3. The van der Waals surface area contributed by atoms with E-state index in [1.54, 1.807) is 6.07 Å². The number of ether oxygens (including phenoxy) is 1. The van der Waals surface area contributed by atoms with Crippen molar-refractivity contribution in [2.24, 2.45) is 5.73 Å². The largest absolute Gasteiger partial charge is 0.497 e. The molecular formula is C19H15ClF3N3O2.